The molecule has 0 radical (unpaired) electrons. The first-order chi connectivity index (χ1) is 9.19. The Hall–Kier alpha value is -1.44. The highest BCUT2D eigenvalue weighted by Gasteiger charge is 2.12. The summed E-state index contributed by atoms with van der Waals surface area (Å²) in [5, 5.41) is 1.44. The van der Waals surface area contributed by atoms with Crippen LogP contribution in [0.15, 0.2) is 24.4 Å². The van der Waals surface area contributed by atoms with Crippen LogP contribution in [0, 0.1) is 0 Å². The minimum Gasteiger partial charge on any atom is -0.374 e. The first-order valence-corrected chi connectivity index (χ1v) is 7.47. The van der Waals surface area contributed by atoms with Gasteiger partial charge in [-0.25, -0.2) is 0 Å². The van der Waals surface area contributed by atoms with Gasteiger partial charge in [-0.05, 0) is 30.5 Å². The number of anilines is 1. The molecule has 1 aromatic carbocycles. The van der Waals surface area contributed by atoms with Crippen molar-refractivity contribution < 1.29 is 0 Å². The van der Waals surface area contributed by atoms with Crippen molar-refractivity contribution in [2.75, 3.05) is 18.5 Å². The molecule has 2 nitrogen and oxygen atoms in total. The van der Waals surface area contributed by atoms with Gasteiger partial charge in [0.1, 0.15) is 0 Å². The molecule has 2 heteroatoms. The first-order valence-electron chi connectivity index (χ1n) is 7.47. The van der Waals surface area contributed by atoms with E-state index in [1.165, 1.54) is 41.4 Å². The molecule has 0 saturated heterocycles. The second kappa shape index (κ2) is 6.14. The lowest BCUT2D eigenvalue weighted by molar-refractivity contribution is 0.706. The summed E-state index contributed by atoms with van der Waals surface area (Å²) >= 11 is 0. The number of hydrogen-bond acceptors (Lipinski definition) is 1. The third-order valence-electron chi connectivity index (χ3n) is 3.96. The van der Waals surface area contributed by atoms with Crippen LogP contribution in [0.3, 0.4) is 0 Å². The molecule has 104 valence electrons. The molecule has 19 heavy (non-hydrogen) atoms. The van der Waals surface area contributed by atoms with E-state index in [0.29, 0.717) is 0 Å². The van der Waals surface area contributed by atoms with Crippen LogP contribution >= 0.6 is 0 Å². The Morgan fingerprint density at radius 3 is 2.63 bits per heavy atom. The Kier molecular flexibility index (Phi) is 4.52. The molecule has 0 atom stereocenters. The Labute approximate surface area is 117 Å². The molecule has 0 spiro atoms. The van der Waals surface area contributed by atoms with Crippen molar-refractivity contribution in [2.45, 2.75) is 39.5 Å². The minimum atomic E-state index is 1.09. The summed E-state index contributed by atoms with van der Waals surface area (Å²) in [5.41, 5.74) is 4.18. The number of nitrogens with zero attached hydrogens (tertiary/aromatic N) is 2. The molecule has 1 aromatic heterocycles. The number of fused-ring (bicyclic) bond motifs is 1. The predicted octanol–water partition coefficient (Wildman–Crippen LogP) is 4.37. The van der Waals surface area contributed by atoms with Gasteiger partial charge < -0.3 is 9.47 Å². The molecule has 0 N–H and O–H groups in total. The van der Waals surface area contributed by atoms with Gasteiger partial charge in [0.25, 0.3) is 0 Å². The van der Waals surface area contributed by atoms with E-state index in [4.69, 9.17) is 0 Å². The zero-order valence-corrected chi connectivity index (χ0v) is 12.7. The summed E-state index contributed by atoms with van der Waals surface area (Å²) in [6.45, 7) is 5.64. The topological polar surface area (TPSA) is 8.17 Å². The van der Waals surface area contributed by atoms with Crippen LogP contribution < -0.4 is 4.90 Å². The minimum absolute atomic E-state index is 1.09. The fourth-order valence-electron chi connectivity index (χ4n) is 2.82. The van der Waals surface area contributed by atoms with Gasteiger partial charge in [-0.3, -0.25) is 0 Å². The lowest BCUT2D eigenvalue weighted by atomic mass is 10.1. The van der Waals surface area contributed by atoms with Crippen molar-refractivity contribution in [3.63, 3.8) is 0 Å². The summed E-state index contributed by atoms with van der Waals surface area (Å²) in [7, 11) is 4.36. The van der Waals surface area contributed by atoms with Gasteiger partial charge >= 0.3 is 0 Å². The van der Waals surface area contributed by atoms with Crippen LogP contribution in [0.1, 0.15) is 38.7 Å². The average Bonchev–Trinajstić information content (AvgIpc) is 2.76. The smallest absolute Gasteiger partial charge is 0.0501 e. The summed E-state index contributed by atoms with van der Waals surface area (Å²) in [5.74, 6) is 0. The monoisotopic (exact) mass is 258 g/mol. The molecule has 0 saturated carbocycles. The van der Waals surface area contributed by atoms with Gasteiger partial charge in [-0.15, -0.1) is 0 Å². The van der Waals surface area contributed by atoms with E-state index in [9.17, 15) is 0 Å². The fraction of sp³-hybridized carbons (Fsp3) is 0.529. The van der Waals surface area contributed by atoms with Crippen LogP contribution in [0.4, 0.5) is 5.69 Å². The molecule has 0 amide bonds. The van der Waals surface area contributed by atoms with Crippen LogP contribution in [0.2, 0.25) is 0 Å². The zero-order chi connectivity index (χ0) is 13.8. The Morgan fingerprint density at radius 1 is 1.16 bits per heavy atom. The number of unbranched alkanes of at least 4 members (excludes halogenated alkanes) is 2. The Balaban J connectivity index is 2.36. The van der Waals surface area contributed by atoms with E-state index in [2.05, 4.69) is 61.8 Å². The molecule has 1 heterocycles. The van der Waals surface area contributed by atoms with Crippen molar-refractivity contribution in [3.8, 4) is 0 Å². The molecule has 0 fully saturated rings. The lowest BCUT2D eigenvalue weighted by Crippen LogP contribution is -2.18. The maximum atomic E-state index is 2.41. The molecule has 2 rings (SSSR count). The summed E-state index contributed by atoms with van der Waals surface area (Å²) in [6, 6.07) is 6.65. The third kappa shape index (κ3) is 2.78. The summed E-state index contributed by atoms with van der Waals surface area (Å²) < 4.78 is 2.25. The van der Waals surface area contributed by atoms with E-state index < -0.39 is 0 Å². The maximum Gasteiger partial charge on any atom is 0.0501 e. The van der Waals surface area contributed by atoms with Gasteiger partial charge in [0.05, 0.1) is 5.52 Å². The number of rotatable bonds is 6. The van der Waals surface area contributed by atoms with Gasteiger partial charge in [0, 0.05) is 37.9 Å². The number of aromatic nitrogens is 1. The van der Waals surface area contributed by atoms with E-state index in [-0.39, 0.29) is 0 Å². The summed E-state index contributed by atoms with van der Waals surface area (Å²) in [4.78, 5) is 2.41. The highest BCUT2D eigenvalue weighted by Crippen LogP contribution is 2.31. The van der Waals surface area contributed by atoms with Gasteiger partial charge in [0.2, 0.25) is 0 Å². The second-order valence-corrected chi connectivity index (χ2v) is 5.42. The molecule has 0 aliphatic carbocycles. The van der Waals surface area contributed by atoms with Gasteiger partial charge in [-0.1, -0.05) is 32.8 Å². The maximum absolute atomic E-state index is 2.41. The number of hydrogen-bond donors (Lipinski definition) is 0. The largest absolute Gasteiger partial charge is 0.374 e. The van der Waals surface area contributed by atoms with Crippen molar-refractivity contribution in [1.82, 2.24) is 4.57 Å². The lowest BCUT2D eigenvalue weighted by Gasteiger charge is -2.21. The molecular weight excluding hydrogens is 232 g/mol. The van der Waals surface area contributed by atoms with Crippen molar-refractivity contribution in [3.05, 3.63) is 30.0 Å². The van der Waals surface area contributed by atoms with Gasteiger partial charge in [-0.2, -0.15) is 0 Å². The fourth-order valence-corrected chi connectivity index (χ4v) is 2.82. The Bertz CT molecular complexity index is 539. The third-order valence-corrected chi connectivity index (χ3v) is 3.96. The molecule has 2 aromatic rings. The Morgan fingerprint density at radius 2 is 1.95 bits per heavy atom. The number of benzene rings is 1. The van der Waals surface area contributed by atoms with E-state index in [1.807, 2.05) is 0 Å². The average molecular weight is 258 g/mol. The first kappa shape index (κ1) is 14.0. The van der Waals surface area contributed by atoms with Crippen molar-refractivity contribution in [2.24, 2.45) is 7.05 Å². The summed E-state index contributed by atoms with van der Waals surface area (Å²) in [6.07, 6.45) is 7.24. The van der Waals surface area contributed by atoms with Crippen LogP contribution in [0.25, 0.3) is 10.9 Å². The zero-order valence-electron chi connectivity index (χ0n) is 12.7. The van der Waals surface area contributed by atoms with Crippen molar-refractivity contribution in [1.29, 1.82) is 0 Å². The molecule has 0 aliphatic rings. The number of aryl methyl sites for hydroxylation is 2. The molecular formula is C17H26N2. The normalized spacial score (nSPS) is 11.2. The van der Waals surface area contributed by atoms with Gasteiger partial charge in [0.15, 0.2) is 0 Å². The molecule has 0 unspecified atom stereocenters. The molecule has 0 aliphatic heterocycles. The quantitative estimate of drug-likeness (QED) is 0.699. The van der Waals surface area contributed by atoms with E-state index in [1.54, 1.807) is 0 Å². The predicted molar refractivity (Wildman–Crippen MR) is 85.1 cm³/mol. The standard InChI is InChI=1S/C17H26N2/c1-5-7-8-12-18(3)15-10-9-11-16-17(15)14(6-2)13-19(16)4/h9-11,13H,5-8,12H2,1-4H3. The van der Waals surface area contributed by atoms with E-state index >= 15 is 0 Å². The SMILES string of the molecule is CCCCCN(C)c1cccc2c1c(CC)cn2C. The van der Waals surface area contributed by atoms with Crippen LogP contribution in [-0.2, 0) is 13.5 Å². The molecule has 0 bridgehead atoms. The van der Waals surface area contributed by atoms with Crippen LogP contribution in [0.5, 0.6) is 0 Å². The van der Waals surface area contributed by atoms with E-state index in [0.717, 1.165) is 13.0 Å². The van der Waals surface area contributed by atoms with Crippen LogP contribution in [-0.4, -0.2) is 18.2 Å². The highest BCUT2D eigenvalue weighted by atomic mass is 15.1. The second-order valence-electron chi connectivity index (χ2n) is 5.42. The highest BCUT2D eigenvalue weighted by molar-refractivity contribution is 5.95. The van der Waals surface area contributed by atoms with Crippen molar-refractivity contribution >= 4 is 16.6 Å².